The number of hydrogen-bond acceptors (Lipinski definition) is 1. The second-order valence-corrected chi connectivity index (χ2v) is 7.62. The molecule has 1 unspecified atom stereocenters. The van der Waals surface area contributed by atoms with Crippen molar-refractivity contribution in [3.8, 4) is 0 Å². The average Bonchev–Trinajstić information content (AvgIpc) is 2.57. The maximum Gasteiger partial charge on any atom is 0.303 e. The third-order valence-corrected chi connectivity index (χ3v) is 5.20. The van der Waals surface area contributed by atoms with E-state index in [4.69, 9.17) is 5.11 Å². The molecule has 0 aliphatic rings. The van der Waals surface area contributed by atoms with Gasteiger partial charge in [-0.25, -0.2) is 0 Å². The Hall–Kier alpha value is -0.530. The summed E-state index contributed by atoms with van der Waals surface area (Å²) in [5.74, 6) is 0.0173. The average molecular weight is 341 g/mol. The largest absolute Gasteiger partial charge is 0.481 e. The van der Waals surface area contributed by atoms with Crippen molar-refractivity contribution < 1.29 is 9.90 Å². The first-order valence-corrected chi connectivity index (χ1v) is 10.9. The number of carbonyl (C=O) groups is 1. The third-order valence-electron chi connectivity index (χ3n) is 5.20. The van der Waals surface area contributed by atoms with Crippen LogP contribution >= 0.6 is 0 Å². The number of rotatable bonds is 19. The number of carboxylic acid groups (broad SMARTS) is 1. The second kappa shape index (κ2) is 18.8. The molecule has 2 nitrogen and oxygen atoms in total. The monoisotopic (exact) mass is 340 g/mol. The SMILES string of the molecule is CCCCCCCCCCCCC(CCCCCC)CCC(=O)O. The van der Waals surface area contributed by atoms with Crippen LogP contribution in [0.2, 0.25) is 0 Å². The molecule has 1 atom stereocenters. The zero-order chi connectivity index (χ0) is 17.9. The summed E-state index contributed by atoms with van der Waals surface area (Å²) < 4.78 is 0. The zero-order valence-corrected chi connectivity index (χ0v) is 16.7. The van der Waals surface area contributed by atoms with E-state index in [9.17, 15) is 4.79 Å². The van der Waals surface area contributed by atoms with Crippen LogP contribution in [-0.2, 0) is 4.79 Å². The quantitative estimate of drug-likeness (QED) is 0.244. The van der Waals surface area contributed by atoms with E-state index in [2.05, 4.69) is 13.8 Å². The fourth-order valence-electron chi connectivity index (χ4n) is 3.54. The van der Waals surface area contributed by atoms with Crippen molar-refractivity contribution in [3.05, 3.63) is 0 Å². The van der Waals surface area contributed by atoms with Crippen LogP contribution in [0.5, 0.6) is 0 Å². The number of hydrogen-bond donors (Lipinski definition) is 1. The van der Waals surface area contributed by atoms with Gasteiger partial charge in [-0.3, -0.25) is 4.79 Å². The molecular formula is C22H44O2. The lowest BCUT2D eigenvalue weighted by Gasteiger charge is -2.16. The van der Waals surface area contributed by atoms with Crippen LogP contribution in [0.15, 0.2) is 0 Å². The topological polar surface area (TPSA) is 37.3 Å². The van der Waals surface area contributed by atoms with Gasteiger partial charge in [-0.1, -0.05) is 117 Å². The smallest absolute Gasteiger partial charge is 0.303 e. The molecule has 2 heteroatoms. The van der Waals surface area contributed by atoms with Gasteiger partial charge in [0.25, 0.3) is 0 Å². The molecule has 0 aromatic rings. The van der Waals surface area contributed by atoms with E-state index in [-0.39, 0.29) is 0 Å². The number of unbranched alkanes of at least 4 members (excludes halogenated alkanes) is 12. The molecule has 0 bridgehead atoms. The van der Waals surface area contributed by atoms with Gasteiger partial charge < -0.3 is 5.11 Å². The van der Waals surface area contributed by atoms with E-state index >= 15 is 0 Å². The van der Waals surface area contributed by atoms with Gasteiger partial charge in [-0.05, 0) is 12.3 Å². The molecule has 0 amide bonds. The van der Waals surface area contributed by atoms with E-state index in [0.717, 1.165) is 6.42 Å². The third kappa shape index (κ3) is 17.8. The highest BCUT2D eigenvalue weighted by Crippen LogP contribution is 2.23. The summed E-state index contributed by atoms with van der Waals surface area (Å²) in [6.45, 7) is 4.51. The van der Waals surface area contributed by atoms with Crippen molar-refractivity contribution in [2.75, 3.05) is 0 Å². The van der Waals surface area contributed by atoms with Gasteiger partial charge in [-0.15, -0.1) is 0 Å². The summed E-state index contributed by atoms with van der Waals surface area (Å²) in [6.07, 6.45) is 22.7. The molecule has 0 fully saturated rings. The summed E-state index contributed by atoms with van der Waals surface area (Å²) in [4.78, 5) is 10.8. The Morgan fingerprint density at radius 1 is 0.625 bits per heavy atom. The normalized spacial score (nSPS) is 12.4. The Kier molecular flexibility index (Phi) is 18.4. The molecule has 0 saturated carbocycles. The Morgan fingerprint density at radius 3 is 1.42 bits per heavy atom. The van der Waals surface area contributed by atoms with Gasteiger partial charge in [0.15, 0.2) is 0 Å². The van der Waals surface area contributed by atoms with Crippen LogP contribution < -0.4 is 0 Å². The molecule has 0 rings (SSSR count). The maximum atomic E-state index is 10.8. The zero-order valence-electron chi connectivity index (χ0n) is 16.7. The van der Waals surface area contributed by atoms with E-state index in [0.29, 0.717) is 12.3 Å². The number of carboxylic acids is 1. The first-order chi connectivity index (χ1) is 11.7. The van der Waals surface area contributed by atoms with Gasteiger partial charge in [0, 0.05) is 6.42 Å². The predicted octanol–water partition coefficient (Wildman–Crippen LogP) is 7.75. The summed E-state index contributed by atoms with van der Waals surface area (Å²) in [5, 5.41) is 8.92. The van der Waals surface area contributed by atoms with Gasteiger partial charge in [-0.2, -0.15) is 0 Å². The first-order valence-electron chi connectivity index (χ1n) is 10.9. The lowest BCUT2D eigenvalue weighted by Crippen LogP contribution is -2.05. The molecule has 0 radical (unpaired) electrons. The van der Waals surface area contributed by atoms with Crippen molar-refractivity contribution in [2.24, 2.45) is 5.92 Å². The van der Waals surface area contributed by atoms with Gasteiger partial charge in [0.05, 0.1) is 0 Å². The van der Waals surface area contributed by atoms with Gasteiger partial charge in [0.1, 0.15) is 0 Å². The fourth-order valence-corrected chi connectivity index (χ4v) is 3.54. The Balaban J connectivity index is 3.59. The molecule has 144 valence electrons. The van der Waals surface area contributed by atoms with Crippen LogP contribution in [0, 0.1) is 5.92 Å². The van der Waals surface area contributed by atoms with Gasteiger partial charge in [0.2, 0.25) is 0 Å². The van der Waals surface area contributed by atoms with Crippen LogP contribution in [0.3, 0.4) is 0 Å². The van der Waals surface area contributed by atoms with E-state index in [1.54, 1.807) is 0 Å². The van der Waals surface area contributed by atoms with Crippen molar-refractivity contribution >= 4 is 5.97 Å². The minimum absolute atomic E-state index is 0.357. The fraction of sp³-hybridized carbons (Fsp3) is 0.955. The second-order valence-electron chi connectivity index (χ2n) is 7.62. The molecule has 0 aromatic carbocycles. The summed E-state index contributed by atoms with van der Waals surface area (Å²) in [5.41, 5.74) is 0. The summed E-state index contributed by atoms with van der Waals surface area (Å²) in [6, 6.07) is 0. The van der Waals surface area contributed by atoms with Crippen molar-refractivity contribution in [1.82, 2.24) is 0 Å². The molecular weight excluding hydrogens is 296 g/mol. The van der Waals surface area contributed by atoms with E-state index in [1.165, 1.54) is 103 Å². The van der Waals surface area contributed by atoms with Crippen LogP contribution in [-0.4, -0.2) is 11.1 Å². The Bertz CT molecular complexity index is 263. The van der Waals surface area contributed by atoms with Crippen molar-refractivity contribution in [2.45, 2.75) is 129 Å². The minimum atomic E-state index is -0.628. The summed E-state index contributed by atoms with van der Waals surface area (Å²) in [7, 11) is 0. The molecule has 0 aromatic heterocycles. The molecule has 0 saturated heterocycles. The minimum Gasteiger partial charge on any atom is -0.481 e. The molecule has 24 heavy (non-hydrogen) atoms. The maximum absolute atomic E-state index is 10.8. The van der Waals surface area contributed by atoms with E-state index < -0.39 is 5.97 Å². The summed E-state index contributed by atoms with van der Waals surface area (Å²) >= 11 is 0. The molecule has 0 aliphatic heterocycles. The molecule has 1 N–H and O–H groups in total. The highest BCUT2D eigenvalue weighted by molar-refractivity contribution is 5.66. The lowest BCUT2D eigenvalue weighted by atomic mass is 9.90. The van der Waals surface area contributed by atoms with Gasteiger partial charge >= 0.3 is 5.97 Å². The van der Waals surface area contributed by atoms with Crippen LogP contribution in [0.25, 0.3) is 0 Å². The van der Waals surface area contributed by atoms with Crippen LogP contribution in [0.4, 0.5) is 0 Å². The molecule has 0 heterocycles. The number of aliphatic carboxylic acids is 1. The highest BCUT2D eigenvalue weighted by Gasteiger charge is 2.10. The van der Waals surface area contributed by atoms with Crippen molar-refractivity contribution in [1.29, 1.82) is 0 Å². The van der Waals surface area contributed by atoms with E-state index in [1.807, 2.05) is 0 Å². The molecule has 0 aliphatic carbocycles. The lowest BCUT2D eigenvalue weighted by molar-refractivity contribution is -0.137. The Labute approximate surface area is 151 Å². The Morgan fingerprint density at radius 2 is 1.00 bits per heavy atom. The molecule has 0 spiro atoms. The van der Waals surface area contributed by atoms with Crippen LogP contribution in [0.1, 0.15) is 129 Å². The standard InChI is InChI=1S/C22H44O2/c1-3-5-7-9-10-11-12-13-14-16-18-21(19-20-22(23)24)17-15-8-6-4-2/h21H,3-20H2,1-2H3,(H,23,24). The highest BCUT2D eigenvalue weighted by atomic mass is 16.4. The predicted molar refractivity (Wildman–Crippen MR) is 106 cm³/mol. The first kappa shape index (κ1) is 23.5. The van der Waals surface area contributed by atoms with Crippen molar-refractivity contribution in [3.63, 3.8) is 0 Å².